The normalized spacial score (nSPS) is 11.5. The van der Waals surface area contributed by atoms with E-state index in [4.69, 9.17) is 0 Å². The number of hydrogen-bond donors (Lipinski definition) is 3. The molecule has 0 spiro atoms. The van der Waals surface area contributed by atoms with Crippen molar-refractivity contribution >= 4 is 35.2 Å². The van der Waals surface area contributed by atoms with Crippen LogP contribution in [0.1, 0.15) is 13.8 Å². The number of aliphatic carboxylic acids is 1. The highest BCUT2D eigenvalue weighted by Crippen LogP contribution is 2.31. The van der Waals surface area contributed by atoms with E-state index in [2.05, 4.69) is 10.6 Å². The molecule has 1 atom stereocenters. The van der Waals surface area contributed by atoms with Crippen molar-refractivity contribution < 1.29 is 24.6 Å². The fourth-order valence-corrected chi connectivity index (χ4v) is 2.49. The maximum atomic E-state index is 11.0. The summed E-state index contributed by atoms with van der Waals surface area (Å²) in [6, 6.07) is 3.25. The summed E-state index contributed by atoms with van der Waals surface area (Å²) < 4.78 is 0. The molecule has 1 rings (SSSR count). The predicted octanol–water partition coefficient (Wildman–Crippen LogP) is -0.303. The van der Waals surface area contributed by atoms with Gasteiger partial charge in [-0.3, -0.25) is 9.59 Å². The van der Waals surface area contributed by atoms with E-state index < -0.39 is 17.9 Å². The Hall–Kier alpha value is -2.22. The highest BCUT2D eigenvalue weighted by atomic mass is 32.2. The predicted molar refractivity (Wildman–Crippen MR) is 75.7 cm³/mol. The van der Waals surface area contributed by atoms with Crippen LogP contribution in [0, 0.1) is 0 Å². The summed E-state index contributed by atoms with van der Waals surface area (Å²) in [4.78, 5) is 33.2. The number of hydrogen-bond acceptors (Lipinski definition) is 6. The second-order valence-corrected chi connectivity index (χ2v) is 5.31. The quantitative estimate of drug-likeness (QED) is 0.490. The number of phenolic OH excluding ortho intramolecular Hbond substituents is 1. The summed E-state index contributed by atoms with van der Waals surface area (Å²) in [5.74, 6) is -2.22. The molecule has 0 aliphatic carbocycles. The Morgan fingerprint density at radius 1 is 1.29 bits per heavy atom. The van der Waals surface area contributed by atoms with Gasteiger partial charge in [0.15, 0.2) is 0 Å². The Morgan fingerprint density at radius 2 is 1.95 bits per heavy atom. The number of carboxylic acids is 1. The van der Waals surface area contributed by atoms with Crippen LogP contribution in [-0.2, 0) is 14.4 Å². The van der Waals surface area contributed by atoms with E-state index in [0.29, 0.717) is 10.6 Å². The number of aromatic hydroxyl groups is 1. The Labute approximate surface area is 125 Å². The number of carbonyl (C=O) groups excluding carboxylic acids is 3. The Morgan fingerprint density at radius 3 is 2.48 bits per heavy atom. The van der Waals surface area contributed by atoms with Crippen LogP contribution >= 0.6 is 11.8 Å². The number of carboxylic acid groups (broad SMARTS) is 1. The molecule has 8 heteroatoms. The lowest BCUT2D eigenvalue weighted by Gasteiger charge is -2.18. The van der Waals surface area contributed by atoms with Crippen LogP contribution < -0.4 is 15.7 Å². The fourth-order valence-electron chi connectivity index (χ4n) is 1.50. The zero-order valence-corrected chi connectivity index (χ0v) is 12.3. The van der Waals surface area contributed by atoms with Crippen molar-refractivity contribution in [2.45, 2.75) is 24.8 Å². The number of benzene rings is 1. The van der Waals surface area contributed by atoms with Crippen molar-refractivity contribution in [3.8, 4) is 5.75 Å². The zero-order chi connectivity index (χ0) is 16.0. The molecule has 0 heterocycles. The first-order chi connectivity index (χ1) is 9.79. The first-order valence-electron chi connectivity index (χ1n) is 6.01. The van der Waals surface area contributed by atoms with Crippen molar-refractivity contribution in [2.24, 2.45) is 0 Å². The number of phenols is 1. The number of anilines is 1. The van der Waals surface area contributed by atoms with E-state index >= 15 is 0 Å². The maximum Gasteiger partial charge on any atom is 0.221 e. The smallest absolute Gasteiger partial charge is 0.221 e. The lowest BCUT2D eigenvalue weighted by molar-refractivity contribution is -0.307. The van der Waals surface area contributed by atoms with E-state index in [0.717, 1.165) is 11.8 Å². The standard InChI is InChI=1S/C13H16N2O5S/c1-7(16)14-9-3-4-11(18)12(5-9)21-6-10(13(19)20)15-8(2)17/h3-5,10,18H,6H2,1-2H3,(H,14,16)(H,15,17)(H,19,20)/p-1/t10-/m0/s1. The van der Waals surface area contributed by atoms with Gasteiger partial charge in [-0.25, -0.2) is 0 Å². The van der Waals surface area contributed by atoms with Gasteiger partial charge in [-0.2, -0.15) is 0 Å². The number of amides is 2. The third-order valence-electron chi connectivity index (χ3n) is 2.35. The monoisotopic (exact) mass is 311 g/mol. The van der Waals surface area contributed by atoms with Crippen molar-refractivity contribution in [1.82, 2.24) is 5.32 Å². The molecule has 3 N–H and O–H groups in total. The van der Waals surface area contributed by atoms with Crippen LogP contribution in [-0.4, -0.2) is 34.7 Å². The molecular weight excluding hydrogens is 296 g/mol. The summed E-state index contributed by atoms with van der Waals surface area (Å²) in [6.45, 7) is 2.55. The highest BCUT2D eigenvalue weighted by molar-refractivity contribution is 7.99. The average Bonchev–Trinajstić information content (AvgIpc) is 2.36. The van der Waals surface area contributed by atoms with Gasteiger partial charge in [0.1, 0.15) is 5.75 Å². The molecule has 0 unspecified atom stereocenters. The summed E-state index contributed by atoms with van der Waals surface area (Å²) in [5.41, 5.74) is 0.479. The molecule has 1 aromatic rings. The minimum absolute atomic E-state index is 0.0149. The minimum Gasteiger partial charge on any atom is -0.548 e. The molecule has 0 fully saturated rings. The first kappa shape index (κ1) is 16.8. The molecule has 0 aromatic heterocycles. The van der Waals surface area contributed by atoms with Gasteiger partial charge in [0.25, 0.3) is 0 Å². The van der Waals surface area contributed by atoms with Crippen molar-refractivity contribution in [3.63, 3.8) is 0 Å². The maximum absolute atomic E-state index is 11.0. The number of nitrogens with one attached hydrogen (secondary N) is 2. The molecule has 0 saturated heterocycles. The SMILES string of the molecule is CC(=O)Nc1ccc(O)c(SC[C@H](NC(C)=O)C(=O)[O-])c1. The van der Waals surface area contributed by atoms with Crippen molar-refractivity contribution in [1.29, 1.82) is 0 Å². The molecular formula is C13H15N2O5S-. The highest BCUT2D eigenvalue weighted by Gasteiger charge is 2.13. The molecule has 114 valence electrons. The topological polar surface area (TPSA) is 119 Å². The zero-order valence-electron chi connectivity index (χ0n) is 11.5. The van der Waals surface area contributed by atoms with E-state index in [1.807, 2.05) is 0 Å². The number of thioether (sulfide) groups is 1. The van der Waals surface area contributed by atoms with Crippen LogP contribution in [0.4, 0.5) is 5.69 Å². The van der Waals surface area contributed by atoms with Crippen LogP contribution in [0.3, 0.4) is 0 Å². The van der Waals surface area contributed by atoms with E-state index in [9.17, 15) is 24.6 Å². The van der Waals surface area contributed by atoms with Gasteiger partial charge in [-0.05, 0) is 18.2 Å². The summed E-state index contributed by atoms with van der Waals surface area (Å²) in [7, 11) is 0. The van der Waals surface area contributed by atoms with Gasteiger partial charge in [-0.1, -0.05) is 0 Å². The molecule has 0 radical (unpaired) electrons. The lowest BCUT2D eigenvalue weighted by Crippen LogP contribution is -2.48. The summed E-state index contributed by atoms with van der Waals surface area (Å²) in [6.07, 6.45) is 0. The summed E-state index contributed by atoms with van der Waals surface area (Å²) in [5, 5.41) is 25.4. The molecule has 0 bridgehead atoms. The number of carbonyl (C=O) groups is 3. The Bertz CT molecular complexity index is 561. The Kier molecular flexibility index (Phi) is 6.04. The fraction of sp³-hybridized carbons (Fsp3) is 0.308. The van der Waals surface area contributed by atoms with Crippen molar-refractivity contribution in [3.05, 3.63) is 18.2 Å². The molecule has 0 aliphatic rings. The van der Waals surface area contributed by atoms with Gasteiger partial charge in [0.2, 0.25) is 11.8 Å². The van der Waals surface area contributed by atoms with Crippen molar-refractivity contribution in [2.75, 3.05) is 11.1 Å². The van der Waals surface area contributed by atoms with Gasteiger partial charge >= 0.3 is 0 Å². The molecule has 7 nitrogen and oxygen atoms in total. The van der Waals surface area contributed by atoms with E-state index in [1.165, 1.54) is 32.0 Å². The molecule has 2 amide bonds. The Balaban J connectivity index is 2.78. The van der Waals surface area contributed by atoms with E-state index in [-0.39, 0.29) is 17.4 Å². The third-order valence-corrected chi connectivity index (χ3v) is 3.49. The molecule has 21 heavy (non-hydrogen) atoms. The molecule has 0 saturated carbocycles. The van der Waals surface area contributed by atoms with Gasteiger partial charge in [0.05, 0.1) is 16.9 Å². The van der Waals surface area contributed by atoms with Crippen LogP contribution in [0.5, 0.6) is 5.75 Å². The first-order valence-corrected chi connectivity index (χ1v) is 6.99. The van der Waals surface area contributed by atoms with Crippen LogP contribution in [0.25, 0.3) is 0 Å². The lowest BCUT2D eigenvalue weighted by atomic mass is 10.3. The average molecular weight is 311 g/mol. The second-order valence-electron chi connectivity index (χ2n) is 4.25. The number of rotatable bonds is 6. The van der Waals surface area contributed by atoms with Crippen LogP contribution in [0.15, 0.2) is 23.1 Å². The summed E-state index contributed by atoms with van der Waals surface area (Å²) >= 11 is 1.03. The van der Waals surface area contributed by atoms with Gasteiger partial charge in [-0.15, -0.1) is 11.8 Å². The minimum atomic E-state index is -1.41. The third kappa shape index (κ3) is 5.74. The second kappa shape index (κ2) is 7.53. The molecule has 1 aromatic carbocycles. The van der Waals surface area contributed by atoms with Gasteiger partial charge < -0.3 is 25.6 Å². The largest absolute Gasteiger partial charge is 0.548 e. The van der Waals surface area contributed by atoms with Crippen LogP contribution in [0.2, 0.25) is 0 Å². The molecule has 0 aliphatic heterocycles. The van der Waals surface area contributed by atoms with E-state index in [1.54, 1.807) is 0 Å². The van der Waals surface area contributed by atoms with Gasteiger partial charge in [0, 0.05) is 25.3 Å².